The fraction of sp³-hybridized carbons (Fsp3) is 0.529. The number of ether oxygens (including phenoxy) is 1. The normalized spacial score (nSPS) is 18.9. The van der Waals surface area contributed by atoms with E-state index in [1.54, 1.807) is 7.11 Å². The Kier molecular flexibility index (Phi) is 2.95. The van der Waals surface area contributed by atoms with Crippen molar-refractivity contribution in [3.05, 3.63) is 30.0 Å². The zero-order valence-corrected chi connectivity index (χ0v) is 12.1. The second-order valence-electron chi connectivity index (χ2n) is 6.15. The predicted molar refractivity (Wildman–Crippen MR) is 81.3 cm³/mol. The summed E-state index contributed by atoms with van der Waals surface area (Å²) in [7, 11) is 1.76. The third-order valence-corrected chi connectivity index (χ3v) is 4.64. The highest BCUT2D eigenvalue weighted by Crippen LogP contribution is 2.37. The van der Waals surface area contributed by atoms with Crippen LogP contribution in [-0.4, -0.2) is 35.6 Å². The molecule has 106 valence electrons. The summed E-state index contributed by atoms with van der Waals surface area (Å²) in [4.78, 5) is 6.12. The van der Waals surface area contributed by atoms with Gasteiger partial charge in [-0.2, -0.15) is 0 Å². The van der Waals surface area contributed by atoms with Crippen LogP contribution in [0.4, 0.5) is 0 Å². The molecule has 1 aromatic heterocycles. The lowest BCUT2D eigenvalue weighted by molar-refractivity contribution is 0.256. The summed E-state index contributed by atoms with van der Waals surface area (Å²) >= 11 is 0. The molecule has 2 aliphatic carbocycles. The first-order valence-electron chi connectivity index (χ1n) is 7.75. The molecule has 0 unspecified atom stereocenters. The summed E-state index contributed by atoms with van der Waals surface area (Å²) < 4.78 is 5.52. The van der Waals surface area contributed by atoms with Crippen LogP contribution < -0.4 is 4.74 Å². The molecule has 0 bridgehead atoms. The van der Waals surface area contributed by atoms with Gasteiger partial charge >= 0.3 is 0 Å². The molecular weight excluding hydrogens is 248 g/mol. The maximum Gasteiger partial charge on any atom is 0.128 e. The van der Waals surface area contributed by atoms with Gasteiger partial charge in [0.25, 0.3) is 0 Å². The smallest absolute Gasteiger partial charge is 0.128 e. The predicted octanol–water partition coefficient (Wildman–Crippen LogP) is 3.35. The molecule has 0 spiro atoms. The molecule has 3 heteroatoms. The zero-order valence-electron chi connectivity index (χ0n) is 12.1. The van der Waals surface area contributed by atoms with Crippen molar-refractivity contribution in [2.75, 3.05) is 13.7 Å². The van der Waals surface area contributed by atoms with E-state index < -0.39 is 0 Å². The van der Waals surface area contributed by atoms with Gasteiger partial charge in [-0.1, -0.05) is 6.07 Å². The minimum Gasteiger partial charge on any atom is -0.496 e. The third kappa shape index (κ3) is 2.20. The standard InChI is InChI=1S/C17H22N2O/c1-20-16-4-2-3-15-17(16)12(11-18-15)9-10-19(13-5-6-13)14-7-8-14/h2-4,11,13-14,18H,5-10H2,1H3. The minimum atomic E-state index is 0.884. The van der Waals surface area contributed by atoms with Crippen LogP contribution >= 0.6 is 0 Å². The molecule has 0 radical (unpaired) electrons. The summed E-state index contributed by atoms with van der Waals surface area (Å²) in [5.74, 6) is 0.989. The molecule has 2 saturated carbocycles. The van der Waals surface area contributed by atoms with Gasteiger partial charge in [0.2, 0.25) is 0 Å². The van der Waals surface area contributed by atoms with Crippen molar-refractivity contribution in [1.82, 2.24) is 9.88 Å². The van der Waals surface area contributed by atoms with Crippen LogP contribution in [0.25, 0.3) is 10.9 Å². The summed E-state index contributed by atoms with van der Waals surface area (Å²) in [5.41, 5.74) is 2.58. The fourth-order valence-electron chi connectivity index (χ4n) is 3.31. The molecule has 0 saturated heterocycles. The SMILES string of the molecule is COc1cccc2[nH]cc(CCN(C3CC3)C3CC3)c12. The molecule has 4 rings (SSSR count). The van der Waals surface area contributed by atoms with E-state index in [0.29, 0.717) is 0 Å². The van der Waals surface area contributed by atoms with E-state index in [9.17, 15) is 0 Å². The summed E-state index contributed by atoms with van der Waals surface area (Å²) in [6, 6.07) is 7.99. The van der Waals surface area contributed by atoms with Crippen molar-refractivity contribution >= 4 is 10.9 Å². The first kappa shape index (κ1) is 12.3. The van der Waals surface area contributed by atoms with Crippen LogP contribution in [0.5, 0.6) is 5.75 Å². The molecule has 0 aliphatic heterocycles. The summed E-state index contributed by atoms with van der Waals surface area (Å²) in [6.07, 6.45) is 8.92. The first-order valence-corrected chi connectivity index (χ1v) is 7.75. The van der Waals surface area contributed by atoms with Crippen LogP contribution in [0.1, 0.15) is 31.2 Å². The number of nitrogens with zero attached hydrogens (tertiary/aromatic N) is 1. The van der Waals surface area contributed by atoms with Crippen molar-refractivity contribution in [2.24, 2.45) is 0 Å². The molecule has 1 aromatic carbocycles. The second kappa shape index (κ2) is 4.81. The first-order chi connectivity index (χ1) is 9.86. The molecule has 0 amide bonds. The number of nitrogens with one attached hydrogen (secondary N) is 1. The lowest BCUT2D eigenvalue weighted by Gasteiger charge is -2.21. The quantitative estimate of drug-likeness (QED) is 0.872. The van der Waals surface area contributed by atoms with Gasteiger partial charge in [0.1, 0.15) is 5.75 Å². The van der Waals surface area contributed by atoms with Gasteiger partial charge in [0, 0.05) is 35.7 Å². The summed E-state index contributed by atoms with van der Waals surface area (Å²) in [5, 5.41) is 1.27. The Morgan fingerprint density at radius 1 is 1.20 bits per heavy atom. The van der Waals surface area contributed by atoms with E-state index in [2.05, 4.69) is 28.2 Å². The van der Waals surface area contributed by atoms with Gasteiger partial charge < -0.3 is 9.72 Å². The molecule has 1 heterocycles. The van der Waals surface area contributed by atoms with E-state index in [1.165, 1.54) is 48.7 Å². The maximum absolute atomic E-state index is 5.52. The average molecular weight is 270 g/mol. The largest absolute Gasteiger partial charge is 0.496 e. The number of H-pyrrole nitrogens is 1. The summed E-state index contributed by atoms with van der Waals surface area (Å²) in [6.45, 7) is 1.19. The van der Waals surface area contributed by atoms with E-state index in [0.717, 1.165) is 24.3 Å². The highest BCUT2D eigenvalue weighted by Gasteiger charge is 2.38. The monoisotopic (exact) mass is 270 g/mol. The molecule has 2 aliphatic rings. The Balaban J connectivity index is 1.55. The number of aromatic amines is 1. The van der Waals surface area contributed by atoms with Gasteiger partial charge in [0.15, 0.2) is 0 Å². The Morgan fingerprint density at radius 3 is 2.60 bits per heavy atom. The van der Waals surface area contributed by atoms with Gasteiger partial charge in [-0.3, -0.25) is 4.90 Å². The lowest BCUT2D eigenvalue weighted by atomic mass is 10.1. The van der Waals surface area contributed by atoms with E-state index in [1.807, 2.05) is 6.07 Å². The highest BCUT2D eigenvalue weighted by atomic mass is 16.5. The number of benzene rings is 1. The molecule has 2 fully saturated rings. The van der Waals surface area contributed by atoms with Crippen LogP contribution in [0, 0.1) is 0 Å². The number of rotatable bonds is 6. The maximum atomic E-state index is 5.52. The number of hydrogen-bond donors (Lipinski definition) is 1. The number of fused-ring (bicyclic) bond motifs is 1. The van der Waals surface area contributed by atoms with Crippen molar-refractivity contribution in [1.29, 1.82) is 0 Å². The lowest BCUT2D eigenvalue weighted by Crippen LogP contribution is -2.30. The van der Waals surface area contributed by atoms with Crippen molar-refractivity contribution in [2.45, 2.75) is 44.2 Å². The minimum absolute atomic E-state index is 0.884. The van der Waals surface area contributed by atoms with Crippen LogP contribution in [0.3, 0.4) is 0 Å². The van der Waals surface area contributed by atoms with Gasteiger partial charge in [-0.05, 0) is 49.8 Å². The molecule has 1 N–H and O–H groups in total. The number of methoxy groups -OCH3 is 1. The molecule has 2 aromatic rings. The molecular formula is C17H22N2O. The Morgan fingerprint density at radius 2 is 1.95 bits per heavy atom. The molecule has 20 heavy (non-hydrogen) atoms. The Labute approximate surface area is 119 Å². The van der Waals surface area contributed by atoms with Crippen LogP contribution in [0.15, 0.2) is 24.4 Å². The van der Waals surface area contributed by atoms with Crippen molar-refractivity contribution in [3.8, 4) is 5.75 Å². The van der Waals surface area contributed by atoms with Crippen LogP contribution in [0.2, 0.25) is 0 Å². The number of hydrogen-bond acceptors (Lipinski definition) is 2. The van der Waals surface area contributed by atoms with E-state index >= 15 is 0 Å². The molecule has 0 atom stereocenters. The Bertz CT molecular complexity index is 598. The van der Waals surface area contributed by atoms with Crippen molar-refractivity contribution < 1.29 is 4.74 Å². The van der Waals surface area contributed by atoms with Crippen molar-refractivity contribution in [3.63, 3.8) is 0 Å². The highest BCUT2D eigenvalue weighted by molar-refractivity contribution is 5.89. The fourth-order valence-corrected chi connectivity index (χ4v) is 3.31. The van der Waals surface area contributed by atoms with E-state index in [-0.39, 0.29) is 0 Å². The topological polar surface area (TPSA) is 28.3 Å². The number of aromatic nitrogens is 1. The molecule has 3 nitrogen and oxygen atoms in total. The third-order valence-electron chi connectivity index (χ3n) is 4.64. The van der Waals surface area contributed by atoms with Crippen LogP contribution in [-0.2, 0) is 6.42 Å². The van der Waals surface area contributed by atoms with Gasteiger partial charge in [0.05, 0.1) is 7.11 Å². The zero-order chi connectivity index (χ0) is 13.5. The average Bonchev–Trinajstić information content (AvgIpc) is 3.38. The Hall–Kier alpha value is -1.48. The van der Waals surface area contributed by atoms with Gasteiger partial charge in [-0.15, -0.1) is 0 Å². The van der Waals surface area contributed by atoms with Gasteiger partial charge in [-0.25, -0.2) is 0 Å². The second-order valence-corrected chi connectivity index (χ2v) is 6.15. The van der Waals surface area contributed by atoms with E-state index in [4.69, 9.17) is 4.74 Å².